The fourth-order valence-electron chi connectivity index (χ4n) is 9.18. The summed E-state index contributed by atoms with van der Waals surface area (Å²) in [5.74, 6) is -4.62. The molecule has 0 unspecified atom stereocenters. The van der Waals surface area contributed by atoms with Crippen molar-refractivity contribution in [3.8, 4) is 0 Å². The third-order valence-electron chi connectivity index (χ3n) is 13.0. The van der Waals surface area contributed by atoms with E-state index in [4.69, 9.17) is 37.9 Å². The molecule has 0 bridgehead atoms. The van der Waals surface area contributed by atoms with Crippen molar-refractivity contribution in [2.75, 3.05) is 34.9 Å². The Morgan fingerprint density at radius 1 is 0.897 bits per heavy atom. The molecule has 3 aliphatic heterocycles. The number of hydrogen-bond acceptors (Lipinski definition) is 15. The lowest BCUT2D eigenvalue weighted by atomic mass is 9.74. The third kappa shape index (κ3) is 11.3. The largest absolute Gasteiger partial charge is 0.459 e. The van der Waals surface area contributed by atoms with E-state index in [1.165, 1.54) is 21.1 Å². The molecule has 0 aliphatic carbocycles. The number of Topliss-reactive ketones (excluding diaryl/α,β-unsaturated/α-hetero) is 1. The normalized spacial score (nSPS) is 45.0. The standard InChI is InChI=1S/C42H76N2O14/c1-16-18-43-39(49)58-36-27(8)54-30(21-41(36,10)52-15)56-33-25(6)35(57-38-32(46)28(44(12)13)19-23(4)53-38)40(9,51-14)20-22(3)31(45)24(5)34(47)42(11,50)29(17-2)55-37(48)26(33)7/h22-30,32-36,38,46-47,50H,16-21H2,1-15H3,(H,43,49)/t22-,23-,24+,25+,26-,27+,28+,29-,30+,32-,33+,34-,35-,36+,38+,40+,41-,42-/m1/s1. The number of aliphatic hydroxyl groups is 3. The van der Waals surface area contributed by atoms with Gasteiger partial charge in [-0.3, -0.25) is 9.59 Å². The van der Waals surface area contributed by atoms with Crippen molar-refractivity contribution in [2.24, 2.45) is 23.7 Å². The molecule has 0 aromatic carbocycles. The Balaban J connectivity index is 2.20. The molecule has 338 valence electrons. The molecule has 58 heavy (non-hydrogen) atoms. The first kappa shape index (κ1) is 50.4. The topological polar surface area (TPSA) is 201 Å². The highest BCUT2D eigenvalue weighted by molar-refractivity contribution is 5.83. The van der Waals surface area contributed by atoms with Crippen LogP contribution < -0.4 is 5.32 Å². The molecule has 18 atom stereocenters. The van der Waals surface area contributed by atoms with Gasteiger partial charge in [-0.2, -0.15) is 0 Å². The first-order valence-electron chi connectivity index (χ1n) is 21.1. The first-order chi connectivity index (χ1) is 26.9. The number of carbonyl (C=O) groups is 3. The van der Waals surface area contributed by atoms with E-state index in [0.717, 1.165) is 6.42 Å². The van der Waals surface area contributed by atoms with Gasteiger partial charge >= 0.3 is 12.1 Å². The van der Waals surface area contributed by atoms with Crippen LogP contribution in [-0.2, 0) is 47.5 Å². The van der Waals surface area contributed by atoms with Crippen LogP contribution in [-0.4, -0.2) is 157 Å². The second kappa shape index (κ2) is 20.7. The smallest absolute Gasteiger partial charge is 0.407 e. The predicted octanol–water partition coefficient (Wildman–Crippen LogP) is 3.58. The van der Waals surface area contributed by atoms with Gasteiger partial charge < -0.3 is 63.4 Å². The summed E-state index contributed by atoms with van der Waals surface area (Å²) in [5.41, 5.74) is -4.35. The minimum Gasteiger partial charge on any atom is -0.459 e. The summed E-state index contributed by atoms with van der Waals surface area (Å²) >= 11 is 0. The highest BCUT2D eigenvalue weighted by atomic mass is 16.7. The molecule has 16 heteroatoms. The molecule has 0 saturated carbocycles. The van der Waals surface area contributed by atoms with Gasteiger partial charge in [0.15, 0.2) is 18.7 Å². The van der Waals surface area contributed by atoms with Crippen LogP contribution in [0.3, 0.4) is 0 Å². The zero-order valence-electron chi connectivity index (χ0n) is 37.7. The number of methoxy groups -OCH3 is 2. The molecule has 16 nitrogen and oxygen atoms in total. The van der Waals surface area contributed by atoms with Gasteiger partial charge in [0.1, 0.15) is 29.2 Å². The fraction of sp³-hybridized carbons (Fsp3) is 0.929. The fourth-order valence-corrected chi connectivity index (χ4v) is 9.18. The van der Waals surface area contributed by atoms with E-state index in [-0.39, 0.29) is 37.2 Å². The maximum atomic E-state index is 14.4. The molecule has 3 fully saturated rings. The number of hydrogen-bond donors (Lipinski definition) is 4. The minimum atomic E-state index is -1.99. The summed E-state index contributed by atoms with van der Waals surface area (Å²) < 4.78 is 50.5. The van der Waals surface area contributed by atoms with Gasteiger partial charge in [0, 0.05) is 51.0 Å². The van der Waals surface area contributed by atoms with Crippen molar-refractivity contribution < 1.29 is 67.6 Å². The molecule has 0 radical (unpaired) electrons. The SMILES string of the molecule is CCCNC(=O)O[C@H]1[C@H](C)O[C@@H](O[C@H]2[C@H](C)[C@@H](O[C@@H]3O[C@H](C)C[C@H](N(C)C)[C@H]3O)[C@@](C)(OC)C[C@@H](C)C(=O)[C@H](C)[C@@H](O)[C@](C)(O)[C@@H](CC)OC(=O)[C@@H]2C)C[C@@]1(C)OC. The Morgan fingerprint density at radius 2 is 1.50 bits per heavy atom. The van der Waals surface area contributed by atoms with Crippen molar-refractivity contribution in [1.29, 1.82) is 0 Å². The summed E-state index contributed by atoms with van der Waals surface area (Å²) in [6.45, 7) is 19.5. The summed E-state index contributed by atoms with van der Waals surface area (Å²) in [4.78, 5) is 43.1. The third-order valence-corrected chi connectivity index (χ3v) is 13.0. The highest BCUT2D eigenvalue weighted by Crippen LogP contribution is 2.42. The first-order valence-corrected chi connectivity index (χ1v) is 21.1. The summed E-state index contributed by atoms with van der Waals surface area (Å²) in [5, 5.41) is 37.6. The van der Waals surface area contributed by atoms with Crippen molar-refractivity contribution in [1.82, 2.24) is 10.2 Å². The summed E-state index contributed by atoms with van der Waals surface area (Å²) in [7, 11) is 6.76. The van der Waals surface area contributed by atoms with Crippen molar-refractivity contribution in [3.63, 3.8) is 0 Å². The summed E-state index contributed by atoms with van der Waals surface area (Å²) in [6.07, 6.45) is -8.86. The van der Waals surface area contributed by atoms with Crippen LogP contribution in [0.1, 0.15) is 108 Å². The molecule has 1 amide bonds. The van der Waals surface area contributed by atoms with E-state index in [2.05, 4.69) is 5.32 Å². The molecular formula is C42H76N2O14. The molecule has 4 N–H and O–H groups in total. The van der Waals surface area contributed by atoms with Crippen LogP contribution >= 0.6 is 0 Å². The number of ether oxygens (including phenoxy) is 8. The van der Waals surface area contributed by atoms with Crippen LogP contribution in [0.2, 0.25) is 0 Å². The molecule has 3 aliphatic rings. The van der Waals surface area contributed by atoms with Gasteiger partial charge in [0.25, 0.3) is 0 Å². The number of nitrogens with zero attached hydrogens (tertiary/aromatic N) is 1. The number of aliphatic hydroxyl groups excluding tert-OH is 2. The Bertz CT molecular complexity index is 1350. The van der Waals surface area contributed by atoms with Crippen LogP contribution in [0, 0.1) is 23.7 Å². The van der Waals surface area contributed by atoms with E-state index < -0.39 is 108 Å². The number of alkyl carbamates (subject to hydrolysis) is 1. The van der Waals surface area contributed by atoms with Crippen molar-refractivity contribution >= 4 is 17.8 Å². The second-order valence-electron chi connectivity index (χ2n) is 17.9. The number of cyclic esters (lactones) is 1. The lowest BCUT2D eigenvalue weighted by Crippen LogP contribution is -2.62. The van der Waals surface area contributed by atoms with Crippen molar-refractivity contribution in [3.05, 3.63) is 0 Å². The molecule has 0 aromatic rings. The average molecular weight is 833 g/mol. The Morgan fingerprint density at radius 3 is 2.05 bits per heavy atom. The number of likely N-dealkylation sites (N-methyl/N-ethyl adjacent to an activating group) is 1. The number of nitrogens with one attached hydrogen (secondary N) is 1. The number of esters is 1. The Labute approximate surface area is 346 Å². The zero-order valence-corrected chi connectivity index (χ0v) is 37.7. The Kier molecular flexibility index (Phi) is 18.0. The number of rotatable bonds is 11. The van der Waals surface area contributed by atoms with E-state index in [1.54, 1.807) is 48.5 Å². The summed E-state index contributed by atoms with van der Waals surface area (Å²) in [6, 6.07) is -0.304. The van der Waals surface area contributed by atoms with Gasteiger partial charge in [-0.1, -0.05) is 34.6 Å². The number of carbonyl (C=O) groups excluding carboxylic acids is 3. The number of amides is 1. The van der Waals surface area contributed by atoms with Crippen molar-refractivity contribution in [2.45, 2.75) is 193 Å². The van der Waals surface area contributed by atoms with E-state index >= 15 is 0 Å². The van der Waals surface area contributed by atoms with Gasteiger partial charge in [0.05, 0.1) is 42.0 Å². The predicted molar refractivity (Wildman–Crippen MR) is 214 cm³/mol. The van der Waals surface area contributed by atoms with Crippen LogP contribution in [0.5, 0.6) is 0 Å². The zero-order chi connectivity index (χ0) is 44.1. The molecule has 3 saturated heterocycles. The minimum absolute atomic E-state index is 0.0893. The second-order valence-corrected chi connectivity index (χ2v) is 17.9. The maximum absolute atomic E-state index is 14.4. The lowest BCUT2D eigenvalue weighted by Gasteiger charge is -2.50. The maximum Gasteiger partial charge on any atom is 0.407 e. The van der Waals surface area contributed by atoms with Crippen LogP contribution in [0.15, 0.2) is 0 Å². The molecular weight excluding hydrogens is 756 g/mol. The quantitative estimate of drug-likeness (QED) is 0.220. The van der Waals surface area contributed by atoms with Gasteiger partial charge in [-0.15, -0.1) is 0 Å². The number of ketones is 1. The monoisotopic (exact) mass is 833 g/mol. The molecule has 3 heterocycles. The van der Waals surface area contributed by atoms with E-state index in [9.17, 15) is 29.7 Å². The van der Waals surface area contributed by atoms with Gasteiger partial charge in [0.2, 0.25) is 0 Å². The van der Waals surface area contributed by atoms with Crippen LogP contribution in [0.25, 0.3) is 0 Å². The molecule has 3 rings (SSSR count). The Hall–Kier alpha value is -1.99. The molecule has 0 aromatic heterocycles. The average Bonchev–Trinajstić information content (AvgIpc) is 3.17. The highest BCUT2D eigenvalue weighted by Gasteiger charge is 2.55. The van der Waals surface area contributed by atoms with E-state index in [1.807, 2.05) is 39.8 Å². The van der Waals surface area contributed by atoms with Gasteiger partial charge in [-0.25, -0.2) is 4.79 Å². The molecule has 0 spiro atoms. The lowest BCUT2D eigenvalue weighted by molar-refractivity contribution is -0.319. The van der Waals surface area contributed by atoms with Gasteiger partial charge in [-0.05, 0) is 81.3 Å². The van der Waals surface area contributed by atoms with E-state index in [0.29, 0.717) is 13.0 Å². The van der Waals surface area contributed by atoms with Crippen LogP contribution in [0.4, 0.5) is 4.79 Å².